The molecule has 3 aromatic heterocycles. The van der Waals surface area contributed by atoms with Crippen molar-refractivity contribution in [3.05, 3.63) is 70.8 Å². The summed E-state index contributed by atoms with van der Waals surface area (Å²) in [5, 5.41) is 11.6. The summed E-state index contributed by atoms with van der Waals surface area (Å²) in [4.78, 5) is 24.2. The Morgan fingerprint density at radius 2 is 2.04 bits per heavy atom. The maximum Gasteiger partial charge on any atom is 0.267 e. The summed E-state index contributed by atoms with van der Waals surface area (Å²) in [6.45, 7) is 1.52. The zero-order valence-corrected chi connectivity index (χ0v) is 13.9. The Bertz CT molecular complexity index is 1150. The molecule has 1 aromatic carbocycles. The van der Waals surface area contributed by atoms with Crippen LogP contribution < -0.4 is 10.9 Å². The van der Waals surface area contributed by atoms with Gasteiger partial charge in [0, 0.05) is 18.3 Å². The number of rotatable bonds is 4. The Kier molecular flexibility index (Phi) is 3.85. The van der Waals surface area contributed by atoms with Gasteiger partial charge in [0.25, 0.3) is 5.56 Å². The number of fused-ring (bicyclic) bond motifs is 1. The average molecular weight is 349 g/mol. The monoisotopic (exact) mass is 349 g/mol. The first kappa shape index (κ1) is 15.8. The molecule has 0 aliphatic carbocycles. The lowest BCUT2D eigenvalue weighted by atomic mass is 10.2. The van der Waals surface area contributed by atoms with E-state index in [-0.39, 0.29) is 18.0 Å². The summed E-state index contributed by atoms with van der Waals surface area (Å²) in [5.74, 6) is 0.354. The zero-order valence-electron chi connectivity index (χ0n) is 13.9. The van der Waals surface area contributed by atoms with Crippen LogP contribution in [-0.4, -0.2) is 25.4 Å². The third-order valence-electron chi connectivity index (χ3n) is 3.88. The molecule has 26 heavy (non-hydrogen) atoms. The van der Waals surface area contributed by atoms with Gasteiger partial charge in [-0.3, -0.25) is 19.5 Å². The number of hydrogen-bond donors (Lipinski definition) is 1. The summed E-state index contributed by atoms with van der Waals surface area (Å²) < 4.78 is 7.92. The van der Waals surface area contributed by atoms with Crippen molar-refractivity contribution in [2.24, 2.45) is 0 Å². The molecule has 0 spiro atoms. The molecule has 0 unspecified atom stereocenters. The van der Waals surface area contributed by atoms with Crippen LogP contribution in [-0.2, 0) is 11.3 Å². The molecule has 8 nitrogen and oxygen atoms in total. The van der Waals surface area contributed by atoms with E-state index in [4.69, 9.17) is 4.52 Å². The maximum atomic E-state index is 12.1. The Labute approximate surface area is 147 Å². The van der Waals surface area contributed by atoms with E-state index >= 15 is 0 Å². The predicted molar refractivity (Wildman–Crippen MR) is 95.2 cm³/mol. The first-order chi connectivity index (χ1) is 12.6. The smallest absolute Gasteiger partial charge is 0.267 e. The second-order valence-electron chi connectivity index (χ2n) is 5.81. The number of amides is 1. The van der Waals surface area contributed by atoms with Crippen molar-refractivity contribution >= 4 is 22.7 Å². The molecule has 0 aliphatic rings. The van der Waals surface area contributed by atoms with Crippen LogP contribution in [0.15, 0.2) is 64.0 Å². The third kappa shape index (κ3) is 3.00. The van der Waals surface area contributed by atoms with Crippen molar-refractivity contribution in [2.45, 2.75) is 13.5 Å². The third-order valence-corrected chi connectivity index (χ3v) is 3.88. The molecule has 0 aliphatic heterocycles. The van der Waals surface area contributed by atoms with E-state index < -0.39 is 5.91 Å². The molecule has 0 radical (unpaired) electrons. The van der Waals surface area contributed by atoms with Gasteiger partial charge in [0.05, 0.1) is 11.2 Å². The fourth-order valence-electron chi connectivity index (χ4n) is 2.70. The van der Waals surface area contributed by atoms with Gasteiger partial charge < -0.3 is 4.52 Å². The number of benzene rings is 1. The van der Waals surface area contributed by atoms with Crippen LogP contribution in [0.5, 0.6) is 0 Å². The van der Waals surface area contributed by atoms with Crippen molar-refractivity contribution < 1.29 is 9.32 Å². The number of aryl methyl sites for hydroxylation is 1. The molecule has 8 heteroatoms. The van der Waals surface area contributed by atoms with Gasteiger partial charge in [0.15, 0.2) is 5.82 Å². The van der Waals surface area contributed by atoms with Crippen LogP contribution in [0.25, 0.3) is 16.7 Å². The van der Waals surface area contributed by atoms with Gasteiger partial charge >= 0.3 is 0 Å². The van der Waals surface area contributed by atoms with Gasteiger partial charge in [-0.2, -0.15) is 5.10 Å². The van der Waals surface area contributed by atoms with Gasteiger partial charge in [0.2, 0.25) is 11.8 Å². The van der Waals surface area contributed by atoms with Crippen molar-refractivity contribution in [2.75, 3.05) is 5.32 Å². The Hall–Kier alpha value is -3.68. The minimum absolute atomic E-state index is 0.230. The van der Waals surface area contributed by atoms with Crippen LogP contribution >= 0.6 is 0 Å². The average Bonchev–Trinajstić information content (AvgIpc) is 3.23. The van der Waals surface area contributed by atoms with Crippen molar-refractivity contribution in [1.29, 1.82) is 0 Å². The van der Waals surface area contributed by atoms with Crippen LogP contribution in [0.4, 0.5) is 5.88 Å². The lowest BCUT2D eigenvalue weighted by molar-refractivity contribution is -0.117. The number of nitrogens with zero attached hydrogens (tertiary/aromatic N) is 4. The molecule has 0 fully saturated rings. The second kappa shape index (κ2) is 6.32. The number of hydrogen-bond acceptors (Lipinski definition) is 5. The molecule has 4 rings (SSSR count). The second-order valence-corrected chi connectivity index (χ2v) is 5.81. The summed E-state index contributed by atoms with van der Waals surface area (Å²) in [5.41, 5.74) is 1.25. The molecule has 0 saturated heterocycles. The van der Waals surface area contributed by atoms with Crippen molar-refractivity contribution in [1.82, 2.24) is 19.5 Å². The van der Waals surface area contributed by atoms with E-state index in [1.165, 1.54) is 6.07 Å². The highest BCUT2D eigenvalue weighted by Gasteiger charge is 2.11. The lowest BCUT2D eigenvalue weighted by Gasteiger charge is -2.08. The maximum absolute atomic E-state index is 12.1. The highest BCUT2D eigenvalue weighted by Crippen LogP contribution is 2.18. The van der Waals surface area contributed by atoms with Gasteiger partial charge in [-0.05, 0) is 30.5 Å². The highest BCUT2D eigenvalue weighted by molar-refractivity contribution is 5.89. The summed E-state index contributed by atoms with van der Waals surface area (Å²) >= 11 is 0. The van der Waals surface area contributed by atoms with E-state index in [2.05, 4.69) is 15.6 Å². The minimum atomic E-state index is -0.426. The van der Waals surface area contributed by atoms with E-state index in [0.29, 0.717) is 11.5 Å². The van der Waals surface area contributed by atoms with Crippen molar-refractivity contribution in [3.63, 3.8) is 0 Å². The SMILES string of the molecule is Cc1cc(NC(=O)Cn2nc(-n3ccc4ccccc43)ccc2=O)on1. The normalized spacial score (nSPS) is 11.0. The number of carbonyl (C=O) groups is 1. The van der Waals surface area contributed by atoms with Crippen LogP contribution in [0.1, 0.15) is 5.69 Å². The van der Waals surface area contributed by atoms with Crippen LogP contribution in [0, 0.1) is 6.92 Å². The molecule has 0 saturated carbocycles. The zero-order chi connectivity index (χ0) is 18.1. The molecular weight excluding hydrogens is 334 g/mol. The standard InChI is InChI=1S/C18H15N5O3/c1-12-10-17(26-21-12)19-16(24)11-23-18(25)7-6-15(20-23)22-9-8-13-4-2-3-5-14(13)22/h2-10H,11H2,1H3,(H,19,24). The van der Waals surface area contributed by atoms with E-state index in [1.807, 2.05) is 41.1 Å². The quantitative estimate of drug-likeness (QED) is 0.609. The Morgan fingerprint density at radius 1 is 1.19 bits per heavy atom. The number of anilines is 1. The largest absolute Gasteiger partial charge is 0.338 e. The summed E-state index contributed by atoms with van der Waals surface area (Å²) in [6.07, 6.45) is 1.87. The molecule has 1 N–H and O–H groups in total. The van der Waals surface area contributed by atoms with Gasteiger partial charge in [0.1, 0.15) is 6.54 Å². The highest BCUT2D eigenvalue weighted by atomic mass is 16.5. The lowest BCUT2D eigenvalue weighted by Crippen LogP contribution is -2.29. The van der Waals surface area contributed by atoms with Gasteiger partial charge in [-0.1, -0.05) is 23.4 Å². The fourth-order valence-corrected chi connectivity index (χ4v) is 2.70. The topological polar surface area (TPSA) is 95.0 Å². The Morgan fingerprint density at radius 3 is 2.85 bits per heavy atom. The van der Waals surface area contributed by atoms with E-state index in [1.54, 1.807) is 19.1 Å². The molecule has 0 bridgehead atoms. The van der Waals surface area contributed by atoms with Gasteiger partial charge in [-0.25, -0.2) is 4.68 Å². The first-order valence-corrected chi connectivity index (χ1v) is 7.98. The number of nitrogens with one attached hydrogen (secondary N) is 1. The van der Waals surface area contributed by atoms with Crippen LogP contribution in [0.2, 0.25) is 0 Å². The number of para-hydroxylation sites is 1. The fraction of sp³-hybridized carbons (Fsp3) is 0.111. The molecule has 0 atom stereocenters. The molecule has 3 heterocycles. The Balaban J connectivity index is 1.62. The predicted octanol–water partition coefficient (Wildman–Crippen LogP) is 2.12. The minimum Gasteiger partial charge on any atom is -0.338 e. The molecule has 1 amide bonds. The molecule has 4 aromatic rings. The molecular formula is C18H15N5O3. The summed E-state index contributed by atoms with van der Waals surface area (Å²) in [7, 11) is 0. The number of carbonyl (C=O) groups excluding carboxylic acids is 1. The van der Waals surface area contributed by atoms with E-state index in [9.17, 15) is 9.59 Å². The first-order valence-electron chi connectivity index (χ1n) is 7.98. The van der Waals surface area contributed by atoms with Crippen LogP contribution in [0.3, 0.4) is 0 Å². The molecule has 130 valence electrons. The summed E-state index contributed by atoms with van der Waals surface area (Å²) in [6, 6.07) is 14.4. The van der Waals surface area contributed by atoms with Gasteiger partial charge in [-0.15, -0.1) is 0 Å². The van der Waals surface area contributed by atoms with E-state index in [0.717, 1.165) is 15.6 Å². The van der Waals surface area contributed by atoms with Crippen molar-refractivity contribution in [3.8, 4) is 5.82 Å². The number of aromatic nitrogens is 4.